The summed E-state index contributed by atoms with van der Waals surface area (Å²) >= 11 is 1.88. The third kappa shape index (κ3) is 4.10. The normalized spacial score (nSPS) is 15.0. The summed E-state index contributed by atoms with van der Waals surface area (Å²) in [6.45, 7) is 0. The van der Waals surface area contributed by atoms with Crippen molar-refractivity contribution in [2.24, 2.45) is 0 Å². The minimum Gasteiger partial charge on any atom is -0.333 e. The highest BCUT2D eigenvalue weighted by Gasteiger charge is 2.21. The first-order valence-corrected chi connectivity index (χ1v) is 15.8. The molecule has 208 valence electrons. The van der Waals surface area contributed by atoms with Crippen molar-refractivity contribution in [3.05, 3.63) is 151 Å². The van der Waals surface area contributed by atoms with Crippen LogP contribution in [0.2, 0.25) is 0 Å². The second-order valence-corrected chi connectivity index (χ2v) is 12.5. The van der Waals surface area contributed by atoms with Crippen LogP contribution in [0.15, 0.2) is 146 Å². The largest absolute Gasteiger partial charge is 0.333 e. The SMILES string of the molecule is C1=CC(c2cc(-c3ccccc3)nc(-c3ccccc3)n2)=CC(n2c3ccccc3c3cc4sc5ccccc5c4cc32)C1. The molecule has 3 aromatic heterocycles. The fourth-order valence-electron chi connectivity index (χ4n) is 6.66. The summed E-state index contributed by atoms with van der Waals surface area (Å²) in [5.74, 6) is 0.738. The Morgan fingerprint density at radius 3 is 2.11 bits per heavy atom. The number of rotatable bonds is 4. The van der Waals surface area contributed by atoms with Gasteiger partial charge in [0.2, 0.25) is 0 Å². The van der Waals surface area contributed by atoms with Crippen LogP contribution < -0.4 is 0 Å². The molecule has 4 heteroatoms. The number of allylic oxidation sites excluding steroid dienone is 4. The molecule has 0 amide bonds. The number of benzene rings is 5. The Bertz CT molecular complexity index is 2360. The predicted molar refractivity (Wildman–Crippen MR) is 186 cm³/mol. The zero-order valence-electron chi connectivity index (χ0n) is 23.9. The van der Waals surface area contributed by atoms with Crippen molar-refractivity contribution in [1.29, 1.82) is 0 Å². The molecule has 44 heavy (non-hydrogen) atoms. The topological polar surface area (TPSA) is 30.7 Å². The van der Waals surface area contributed by atoms with Crippen molar-refractivity contribution < 1.29 is 0 Å². The lowest BCUT2D eigenvalue weighted by atomic mass is 9.98. The molecule has 3 nitrogen and oxygen atoms in total. The third-order valence-corrected chi connectivity index (χ3v) is 9.84. The number of fused-ring (bicyclic) bond motifs is 6. The maximum atomic E-state index is 5.12. The number of aromatic nitrogens is 3. The molecule has 9 rings (SSSR count). The van der Waals surface area contributed by atoms with E-state index < -0.39 is 0 Å². The standard InChI is InChI=1S/C40H27N3S/c1-3-12-26(13-4-1)34-25-35(42-40(41-34)27-14-5-2-6-15-27)28-16-11-17-29(22-28)43-36-20-9-7-18-30(36)32-24-39-33(23-37(32)43)31-19-8-10-21-38(31)44-39/h1-16,18-25,29H,17H2. The smallest absolute Gasteiger partial charge is 0.160 e. The van der Waals surface area contributed by atoms with Crippen LogP contribution in [0.4, 0.5) is 0 Å². The van der Waals surface area contributed by atoms with Gasteiger partial charge in [0.05, 0.1) is 22.9 Å². The van der Waals surface area contributed by atoms with Gasteiger partial charge in [0.25, 0.3) is 0 Å². The van der Waals surface area contributed by atoms with Gasteiger partial charge in [-0.25, -0.2) is 9.97 Å². The van der Waals surface area contributed by atoms with E-state index >= 15 is 0 Å². The molecule has 1 aliphatic carbocycles. The fraction of sp³-hybridized carbons (Fsp3) is 0.0500. The van der Waals surface area contributed by atoms with Crippen molar-refractivity contribution in [3.8, 4) is 22.6 Å². The fourth-order valence-corrected chi connectivity index (χ4v) is 7.78. The van der Waals surface area contributed by atoms with Gasteiger partial charge in [-0.15, -0.1) is 11.3 Å². The molecule has 1 unspecified atom stereocenters. The van der Waals surface area contributed by atoms with Crippen LogP contribution in [-0.4, -0.2) is 14.5 Å². The van der Waals surface area contributed by atoms with Crippen molar-refractivity contribution in [2.75, 3.05) is 0 Å². The first kappa shape index (κ1) is 25.2. The van der Waals surface area contributed by atoms with E-state index in [1.807, 2.05) is 35.6 Å². The van der Waals surface area contributed by atoms with Crippen LogP contribution in [0.25, 0.3) is 70.2 Å². The van der Waals surface area contributed by atoms with Crippen molar-refractivity contribution in [3.63, 3.8) is 0 Å². The maximum Gasteiger partial charge on any atom is 0.160 e. The van der Waals surface area contributed by atoms with E-state index in [9.17, 15) is 0 Å². The van der Waals surface area contributed by atoms with Crippen molar-refractivity contribution in [2.45, 2.75) is 12.5 Å². The van der Waals surface area contributed by atoms with Gasteiger partial charge in [-0.3, -0.25) is 0 Å². The van der Waals surface area contributed by atoms with Crippen LogP contribution in [0.1, 0.15) is 18.2 Å². The molecule has 0 saturated carbocycles. The molecule has 5 aromatic carbocycles. The van der Waals surface area contributed by atoms with E-state index in [2.05, 4.69) is 126 Å². The Morgan fingerprint density at radius 2 is 1.27 bits per heavy atom. The monoisotopic (exact) mass is 581 g/mol. The molecule has 0 spiro atoms. The van der Waals surface area contributed by atoms with Gasteiger partial charge in [0, 0.05) is 47.6 Å². The summed E-state index contributed by atoms with van der Waals surface area (Å²) in [5.41, 5.74) is 7.61. The van der Waals surface area contributed by atoms with Crippen molar-refractivity contribution >= 4 is 58.9 Å². The number of nitrogens with zero attached hydrogens (tertiary/aromatic N) is 3. The quantitative estimate of drug-likeness (QED) is 0.207. The summed E-state index contributed by atoms with van der Waals surface area (Å²) in [6, 6.07) is 45.3. The van der Waals surface area contributed by atoms with Crippen LogP contribution in [0, 0.1) is 0 Å². The van der Waals surface area contributed by atoms with Gasteiger partial charge in [0.15, 0.2) is 5.82 Å². The summed E-state index contributed by atoms with van der Waals surface area (Å²) in [6.07, 6.45) is 7.84. The molecule has 0 saturated heterocycles. The molecule has 1 aliphatic rings. The average molecular weight is 582 g/mol. The lowest BCUT2D eigenvalue weighted by Crippen LogP contribution is -2.09. The molecule has 0 N–H and O–H groups in total. The Morgan fingerprint density at radius 1 is 0.568 bits per heavy atom. The number of thiophene rings is 1. The molecule has 0 radical (unpaired) electrons. The third-order valence-electron chi connectivity index (χ3n) is 8.71. The number of hydrogen-bond acceptors (Lipinski definition) is 3. The Hall–Kier alpha value is -5.32. The molecule has 0 aliphatic heterocycles. The van der Waals surface area contributed by atoms with Gasteiger partial charge in [-0.1, -0.05) is 115 Å². The first-order valence-electron chi connectivity index (χ1n) is 15.0. The average Bonchev–Trinajstić information content (AvgIpc) is 3.62. The maximum absolute atomic E-state index is 5.12. The molecule has 0 fully saturated rings. The van der Waals surface area contributed by atoms with Crippen LogP contribution >= 0.6 is 11.3 Å². The summed E-state index contributed by atoms with van der Waals surface area (Å²) in [7, 11) is 0. The molecule has 3 heterocycles. The van der Waals surface area contributed by atoms with Crippen LogP contribution in [-0.2, 0) is 0 Å². The van der Waals surface area contributed by atoms with Crippen LogP contribution in [0.3, 0.4) is 0 Å². The molecular weight excluding hydrogens is 555 g/mol. The highest BCUT2D eigenvalue weighted by molar-refractivity contribution is 7.25. The summed E-state index contributed by atoms with van der Waals surface area (Å²) in [4.78, 5) is 10.1. The van der Waals surface area contributed by atoms with E-state index in [-0.39, 0.29) is 6.04 Å². The lowest BCUT2D eigenvalue weighted by molar-refractivity contribution is 0.650. The zero-order valence-corrected chi connectivity index (χ0v) is 24.7. The number of hydrogen-bond donors (Lipinski definition) is 0. The molecule has 8 aromatic rings. The van der Waals surface area contributed by atoms with Gasteiger partial charge >= 0.3 is 0 Å². The van der Waals surface area contributed by atoms with Crippen molar-refractivity contribution in [1.82, 2.24) is 14.5 Å². The van der Waals surface area contributed by atoms with E-state index in [4.69, 9.17) is 9.97 Å². The predicted octanol–water partition coefficient (Wildman–Crippen LogP) is 10.9. The second-order valence-electron chi connectivity index (χ2n) is 11.4. The summed E-state index contributed by atoms with van der Waals surface area (Å²) in [5, 5.41) is 5.26. The first-order chi connectivity index (χ1) is 21.8. The van der Waals surface area contributed by atoms with E-state index in [0.29, 0.717) is 0 Å². The second kappa shape index (κ2) is 10.1. The minimum absolute atomic E-state index is 0.148. The molecule has 1 atom stereocenters. The molecular formula is C40H27N3S. The van der Waals surface area contributed by atoms with E-state index in [0.717, 1.165) is 40.3 Å². The summed E-state index contributed by atoms with van der Waals surface area (Å²) < 4.78 is 5.21. The van der Waals surface area contributed by atoms with Gasteiger partial charge in [0.1, 0.15) is 0 Å². The van der Waals surface area contributed by atoms with E-state index in [1.165, 1.54) is 42.0 Å². The lowest BCUT2D eigenvalue weighted by Gasteiger charge is -2.21. The highest BCUT2D eigenvalue weighted by atomic mass is 32.1. The molecule has 0 bridgehead atoms. The van der Waals surface area contributed by atoms with Gasteiger partial charge in [-0.05, 0) is 42.3 Å². The highest BCUT2D eigenvalue weighted by Crippen LogP contribution is 2.42. The van der Waals surface area contributed by atoms with Crippen LogP contribution in [0.5, 0.6) is 0 Å². The van der Waals surface area contributed by atoms with E-state index in [1.54, 1.807) is 0 Å². The minimum atomic E-state index is 0.148. The van der Waals surface area contributed by atoms with Gasteiger partial charge in [-0.2, -0.15) is 0 Å². The zero-order chi connectivity index (χ0) is 29.0. The Kier molecular flexibility index (Phi) is 5.81. The van der Waals surface area contributed by atoms with Gasteiger partial charge < -0.3 is 4.57 Å². The number of para-hydroxylation sites is 1. The Labute approximate surface area is 259 Å². The Balaban J connectivity index is 1.24.